The summed E-state index contributed by atoms with van der Waals surface area (Å²) in [6.07, 6.45) is 0. The minimum absolute atomic E-state index is 0.838. The van der Waals surface area contributed by atoms with Crippen molar-refractivity contribution in [3.63, 3.8) is 0 Å². The maximum Gasteiger partial charge on any atom is 0.0236 e. The Hall–Kier alpha value is -1.38. The molecular formula is C16H20N2. The fraction of sp³-hybridized carbons (Fsp3) is 0.375. The second kappa shape index (κ2) is 5.09. The average molecular weight is 240 g/mol. The molecule has 0 bridgehead atoms. The first-order valence-electron chi connectivity index (χ1n) is 6.69. The normalized spacial score (nSPS) is 16.1. The largest absolute Gasteiger partial charge is 0.316 e. The van der Waals surface area contributed by atoms with Gasteiger partial charge in [-0.3, -0.25) is 0 Å². The molecular weight excluding hydrogens is 220 g/mol. The smallest absolute Gasteiger partial charge is 0.0236 e. The third-order valence-electron chi connectivity index (χ3n) is 3.76. The summed E-state index contributed by atoms with van der Waals surface area (Å²) in [5.41, 5.74) is 1.43. The van der Waals surface area contributed by atoms with Gasteiger partial charge < -0.3 is 10.2 Å². The van der Waals surface area contributed by atoms with Crippen molar-refractivity contribution < 1.29 is 0 Å². The predicted octanol–water partition coefficient (Wildman–Crippen LogP) is 2.49. The van der Waals surface area contributed by atoms with Gasteiger partial charge in [0.25, 0.3) is 0 Å². The van der Waals surface area contributed by atoms with Gasteiger partial charge in [0.1, 0.15) is 0 Å². The third kappa shape index (κ3) is 2.40. The molecule has 0 radical (unpaired) electrons. The SMILES string of the molecule is CN(Cc1cccc2ccccc12)CC1CNC1. The van der Waals surface area contributed by atoms with Gasteiger partial charge in [-0.2, -0.15) is 0 Å². The van der Waals surface area contributed by atoms with E-state index in [1.165, 1.54) is 36.0 Å². The average Bonchev–Trinajstić information content (AvgIpc) is 2.34. The molecule has 2 heteroatoms. The molecule has 18 heavy (non-hydrogen) atoms. The van der Waals surface area contributed by atoms with Crippen LogP contribution in [0.1, 0.15) is 5.56 Å². The maximum atomic E-state index is 3.33. The van der Waals surface area contributed by atoms with E-state index in [1.54, 1.807) is 0 Å². The maximum absolute atomic E-state index is 3.33. The Balaban J connectivity index is 1.76. The topological polar surface area (TPSA) is 15.3 Å². The second-order valence-electron chi connectivity index (χ2n) is 5.36. The predicted molar refractivity (Wildman–Crippen MR) is 76.6 cm³/mol. The van der Waals surface area contributed by atoms with E-state index in [-0.39, 0.29) is 0 Å². The number of hydrogen-bond donors (Lipinski definition) is 1. The lowest BCUT2D eigenvalue weighted by molar-refractivity contribution is 0.219. The second-order valence-corrected chi connectivity index (χ2v) is 5.36. The van der Waals surface area contributed by atoms with Gasteiger partial charge in [0, 0.05) is 26.2 Å². The van der Waals surface area contributed by atoms with E-state index in [0.717, 1.165) is 12.5 Å². The zero-order valence-corrected chi connectivity index (χ0v) is 10.9. The third-order valence-corrected chi connectivity index (χ3v) is 3.76. The van der Waals surface area contributed by atoms with Gasteiger partial charge in [-0.15, -0.1) is 0 Å². The Kier molecular flexibility index (Phi) is 3.31. The summed E-state index contributed by atoms with van der Waals surface area (Å²) < 4.78 is 0. The van der Waals surface area contributed by atoms with Gasteiger partial charge in [-0.25, -0.2) is 0 Å². The minimum Gasteiger partial charge on any atom is -0.316 e. The highest BCUT2D eigenvalue weighted by Gasteiger charge is 2.18. The molecule has 0 atom stereocenters. The number of hydrogen-bond acceptors (Lipinski definition) is 2. The fourth-order valence-electron chi connectivity index (χ4n) is 2.70. The van der Waals surface area contributed by atoms with Crippen molar-refractivity contribution in [1.82, 2.24) is 10.2 Å². The van der Waals surface area contributed by atoms with Crippen LogP contribution in [-0.4, -0.2) is 31.6 Å². The lowest BCUT2D eigenvalue weighted by Gasteiger charge is -2.31. The molecule has 2 nitrogen and oxygen atoms in total. The number of fused-ring (bicyclic) bond motifs is 1. The molecule has 0 spiro atoms. The minimum atomic E-state index is 0.838. The monoisotopic (exact) mass is 240 g/mol. The lowest BCUT2D eigenvalue weighted by Crippen LogP contribution is -2.47. The van der Waals surface area contributed by atoms with Crippen LogP contribution in [-0.2, 0) is 6.54 Å². The van der Waals surface area contributed by atoms with Gasteiger partial charge >= 0.3 is 0 Å². The van der Waals surface area contributed by atoms with E-state index in [1.807, 2.05) is 0 Å². The van der Waals surface area contributed by atoms with Crippen LogP contribution in [0.5, 0.6) is 0 Å². The van der Waals surface area contributed by atoms with E-state index in [0.29, 0.717) is 0 Å². The summed E-state index contributed by atoms with van der Waals surface area (Å²) in [4.78, 5) is 2.44. The van der Waals surface area contributed by atoms with Gasteiger partial charge in [0.05, 0.1) is 0 Å². The Morgan fingerprint density at radius 2 is 1.89 bits per heavy atom. The van der Waals surface area contributed by atoms with Crippen LogP contribution in [0.15, 0.2) is 42.5 Å². The highest BCUT2D eigenvalue weighted by Crippen LogP contribution is 2.20. The molecule has 2 aromatic carbocycles. The van der Waals surface area contributed by atoms with Crippen LogP contribution in [0.3, 0.4) is 0 Å². The molecule has 1 aliphatic rings. The Morgan fingerprint density at radius 1 is 1.11 bits per heavy atom. The first-order valence-corrected chi connectivity index (χ1v) is 6.69. The summed E-state index contributed by atoms with van der Waals surface area (Å²) in [5.74, 6) is 0.838. The van der Waals surface area contributed by atoms with Crippen LogP contribution in [0.2, 0.25) is 0 Å². The van der Waals surface area contributed by atoms with E-state index < -0.39 is 0 Å². The Labute approximate surface area is 109 Å². The van der Waals surface area contributed by atoms with Crippen LogP contribution in [0, 0.1) is 5.92 Å². The number of benzene rings is 2. The Bertz CT molecular complexity index is 526. The first-order chi connectivity index (χ1) is 8.83. The molecule has 3 rings (SSSR count). The molecule has 0 saturated carbocycles. The number of nitrogens with zero attached hydrogens (tertiary/aromatic N) is 1. The molecule has 0 aromatic heterocycles. The van der Waals surface area contributed by atoms with Crippen molar-refractivity contribution in [2.24, 2.45) is 5.92 Å². The Morgan fingerprint density at radius 3 is 2.67 bits per heavy atom. The van der Waals surface area contributed by atoms with Crippen molar-refractivity contribution in [2.75, 3.05) is 26.7 Å². The van der Waals surface area contributed by atoms with Crippen LogP contribution in [0.25, 0.3) is 10.8 Å². The highest BCUT2D eigenvalue weighted by molar-refractivity contribution is 5.85. The van der Waals surface area contributed by atoms with Crippen molar-refractivity contribution in [2.45, 2.75) is 6.54 Å². The van der Waals surface area contributed by atoms with Gasteiger partial charge in [-0.05, 0) is 29.3 Å². The first kappa shape index (κ1) is 11.7. The van der Waals surface area contributed by atoms with E-state index in [9.17, 15) is 0 Å². The van der Waals surface area contributed by atoms with E-state index >= 15 is 0 Å². The molecule has 0 aliphatic carbocycles. The van der Waals surface area contributed by atoms with E-state index in [2.05, 4.69) is 59.7 Å². The summed E-state index contributed by atoms with van der Waals surface area (Å²) in [5, 5.41) is 6.06. The summed E-state index contributed by atoms with van der Waals surface area (Å²) in [7, 11) is 2.22. The van der Waals surface area contributed by atoms with Crippen LogP contribution < -0.4 is 5.32 Å². The highest BCUT2D eigenvalue weighted by atomic mass is 15.1. The van der Waals surface area contributed by atoms with Crippen molar-refractivity contribution in [1.29, 1.82) is 0 Å². The molecule has 0 amide bonds. The van der Waals surface area contributed by atoms with Gasteiger partial charge in [0.15, 0.2) is 0 Å². The van der Waals surface area contributed by atoms with Crippen LogP contribution in [0.4, 0.5) is 0 Å². The molecule has 1 heterocycles. The van der Waals surface area contributed by atoms with Crippen molar-refractivity contribution in [3.8, 4) is 0 Å². The lowest BCUT2D eigenvalue weighted by atomic mass is 10.0. The molecule has 1 N–H and O–H groups in total. The molecule has 0 unspecified atom stereocenters. The van der Waals surface area contributed by atoms with Crippen LogP contribution >= 0.6 is 0 Å². The number of nitrogens with one attached hydrogen (secondary N) is 1. The summed E-state index contributed by atoms with van der Waals surface area (Å²) in [6, 6.07) is 15.2. The molecule has 1 fully saturated rings. The summed E-state index contributed by atoms with van der Waals surface area (Å²) in [6.45, 7) is 4.59. The van der Waals surface area contributed by atoms with Gasteiger partial charge in [-0.1, -0.05) is 42.5 Å². The molecule has 94 valence electrons. The summed E-state index contributed by atoms with van der Waals surface area (Å²) >= 11 is 0. The zero-order chi connectivity index (χ0) is 12.4. The van der Waals surface area contributed by atoms with Gasteiger partial charge in [0.2, 0.25) is 0 Å². The molecule has 1 saturated heterocycles. The zero-order valence-electron chi connectivity index (χ0n) is 10.9. The fourth-order valence-corrected chi connectivity index (χ4v) is 2.70. The van der Waals surface area contributed by atoms with E-state index in [4.69, 9.17) is 0 Å². The molecule has 2 aromatic rings. The standard InChI is InChI=1S/C16H20N2/c1-18(11-13-9-17-10-13)12-15-7-4-6-14-5-2-3-8-16(14)15/h2-8,13,17H,9-12H2,1H3. The number of rotatable bonds is 4. The van der Waals surface area contributed by atoms with Crippen molar-refractivity contribution >= 4 is 10.8 Å². The molecule has 1 aliphatic heterocycles. The van der Waals surface area contributed by atoms with Crippen molar-refractivity contribution in [3.05, 3.63) is 48.0 Å². The quantitative estimate of drug-likeness (QED) is 0.883.